The van der Waals surface area contributed by atoms with Gasteiger partial charge < -0.3 is 64.2 Å². The first-order valence-electron chi connectivity index (χ1n) is 23.9. The minimum atomic E-state index is -1.77. The number of ether oxygens (including phenoxy) is 6. The predicted octanol–water partition coefficient (Wildman–Crippen LogP) is 5.70. The minimum Gasteiger partial charge on any atom is -0.462 e. The van der Waals surface area contributed by atoms with Crippen LogP contribution in [0.5, 0.6) is 0 Å². The maximum atomic E-state index is 12.9. The van der Waals surface area contributed by atoms with Gasteiger partial charge in [-0.15, -0.1) is 0 Å². The van der Waals surface area contributed by atoms with Crippen LogP contribution in [-0.4, -0.2) is 142 Å². The molecule has 2 heterocycles. The highest BCUT2D eigenvalue weighted by molar-refractivity contribution is 5.70. The molecule has 0 spiro atoms. The van der Waals surface area contributed by atoms with Gasteiger partial charge in [0.05, 0.1) is 19.8 Å². The zero-order valence-corrected chi connectivity index (χ0v) is 38.5. The quantitative estimate of drug-likeness (QED) is 0.0230. The third-order valence-electron chi connectivity index (χ3n) is 11.0. The van der Waals surface area contributed by atoms with E-state index in [1.807, 2.05) is 0 Å². The Balaban J connectivity index is 1.87. The molecule has 0 aliphatic carbocycles. The number of rotatable bonds is 35. The third kappa shape index (κ3) is 24.6. The highest BCUT2D eigenvalue weighted by Gasteiger charge is 2.47. The molecule has 0 aromatic heterocycles. The van der Waals surface area contributed by atoms with Crippen molar-refractivity contribution in [1.29, 1.82) is 0 Å². The highest BCUT2D eigenvalue weighted by atomic mass is 16.7. The second-order valence-corrected chi connectivity index (χ2v) is 16.5. The molecule has 0 saturated carbocycles. The zero-order valence-electron chi connectivity index (χ0n) is 38.5. The first-order chi connectivity index (χ1) is 31.0. The molecule has 0 bridgehead atoms. The van der Waals surface area contributed by atoms with Crippen LogP contribution in [-0.2, 0) is 38.0 Å². The number of carbonyl (C=O) groups excluding carboxylic acids is 2. The van der Waals surface area contributed by atoms with Gasteiger partial charge in [-0.1, -0.05) is 113 Å². The molecule has 2 rings (SSSR count). The lowest BCUT2D eigenvalue weighted by Gasteiger charge is -2.42. The molecular formula is C49H82O15. The Morgan fingerprint density at radius 2 is 0.984 bits per heavy atom. The normalized spacial score (nSPS) is 27.1. The van der Waals surface area contributed by atoms with E-state index in [1.54, 1.807) is 0 Å². The first-order valence-corrected chi connectivity index (χ1v) is 23.9. The monoisotopic (exact) mass is 911 g/mol. The van der Waals surface area contributed by atoms with Crippen molar-refractivity contribution in [3.63, 3.8) is 0 Å². The van der Waals surface area contributed by atoms with Crippen molar-refractivity contribution in [2.24, 2.45) is 0 Å². The number of esters is 2. The predicted molar refractivity (Wildman–Crippen MR) is 243 cm³/mol. The fourth-order valence-electron chi connectivity index (χ4n) is 7.02. The van der Waals surface area contributed by atoms with Gasteiger partial charge in [-0.3, -0.25) is 9.59 Å². The number of allylic oxidation sites excluding steroid dienone is 10. The van der Waals surface area contributed by atoms with Crippen LogP contribution < -0.4 is 0 Å². The third-order valence-corrected chi connectivity index (χ3v) is 11.0. The van der Waals surface area contributed by atoms with Crippen molar-refractivity contribution in [2.45, 2.75) is 210 Å². The largest absolute Gasteiger partial charge is 0.462 e. The Labute approximate surface area is 381 Å². The summed E-state index contributed by atoms with van der Waals surface area (Å²) in [5.74, 6) is -0.990. The van der Waals surface area contributed by atoms with Crippen molar-refractivity contribution in [3.8, 4) is 0 Å². The summed E-state index contributed by atoms with van der Waals surface area (Å²) in [6, 6.07) is 0. The molecule has 0 amide bonds. The van der Waals surface area contributed by atoms with Gasteiger partial charge in [-0.2, -0.15) is 0 Å². The van der Waals surface area contributed by atoms with Crippen LogP contribution in [0, 0.1) is 0 Å². The van der Waals surface area contributed by atoms with Gasteiger partial charge in [-0.25, -0.2) is 0 Å². The van der Waals surface area contributed by atoms with Crippen LogP contribution in [0.2, 0.25) is 0 Å². The topological polar surface area (TPSA) is 231 Å². The first kappa shape index (κ1) is 57.3. The summed E-state index contributed by atoms with van der Waals surface area (Å²) in [6.45, 7) is 2.38. The molecule has 0 radical (unpaired) electrons. The average Bonchev–Trinajstić information content (AvgIpc) is 3.29. The number of hydrogen-bond donors (Lipinski definition) is 7. The second-order valence-electron chi connectivity index (χ2n) is 16.5. The molecule has 2 aliphatic rings. The van der Waals surface area contributed by atoms with Gasteiger partial charge in [0.15, 0.2) is 18.7 Å². The number of unbranched alkanes of at least 4 members (excludes halogenated alkanes) is 11. The minimum absolute atomic E-state index is 0.143. The summed E-state index contributed by atoms with van der Waals surface area (Å²) < 4.78 is 33.4. The Hall–Kier alpha value is -2.80. The van der Waals surface area contributed by atoms with E-state index in [2.05, 4.69) is 74.6 Å². The number of aliphatic hydroxyl groups excluding tert-OH is 7. The molecule has 4 unspecified atom stereocenters. The van der Waals surface area contributed by atoms with Gasteiger partial charge in [-0.05, 0) is 77.0 Å². The summed E-state index contributed by atoms with van der Waals surface area (Å²) in [5.41, 5.74) is 0. The zero-order chi connectivity index (χ0) is 46.8. The van der Waals surface area contributed by atoms with Crippen LogP contribution in [0.1, 0.15) is 142 Å². The fourth-order valence-corrected chi connectivity index (χ4v) is 7.02. The van der Waals surface area contributed by atoms with Crippen molar-refractivity contribution >= 4 is 11.9 Å². The Bertz CT molecular complexity index is 1350. The number of aliphatic hydroxyl groups is 7. The highest BCUT2D eigenvalue weighted by Crippen LogP contribution is 2.26. The van der Waals surface area contributed by atoms with Crippen LogP contribution in [0.4, 0.5) is 0 Å². The summed E-state index contributed by atoms with van der Waals surface area (Å²) in [6.07, 6.45) is 22.6. The Kier molecular flexibility index (Phi) is 32.5. The van der Waals surface area contributed by atoms with Crippen molar-refractivity contribution < 1.29 is 73.8 Å². The Morgan fingerprint density at radius 3 is 1.59 bits per heavy atom. The lowest BCUT2D eigenvalue weighted by atomic mass is 9.98. The van der Waals surface area contributed by atoms with Crippen molar-refractivity contribution in [1.82, 2.24) is 0 Å². The molecule has 64 heavy (non-hydrogen) atoms. The molecule has 15 nitrogen and oxygen atoms in total. The van der Waals surface area contributed by atoms with Crippen molar-refractivity contribution in [3.05, 3.63) is 60.8 Å². The van der Waals surface area contributed by atoms with Gasteiger partial charge in [0.25, 0.3) is 0 Å². The molecule has 2 aliphatic heterocycles. The smallest absolute Gasteiger partial charge is 0.306 e. The van der Waals surface area contributed by atoms with E-state index < -0.39 is 99.3 Å². The summed E-state index contributed by atoms with van der Waals surface area (Å²) in [5, 5.41) is 71.9. The van der Waals surface area contributed by atoms with Crippen LogP contribution in [0.25, 0.3) is 0 Å². The van der Waals surface area contributed by atoms with Gasteiger partial charge in [0.2, 0.25) is 0 Å². The van der Waals surface area contributed by atoms with Crippen molar-refractivity contribution in [2.75, 3.05) is 26.4 Å². The number of hydrogen-bond acceptors (Lipinski definition) is 15. The Morgan fingerprint density at radius 1 is 0.516 bits per heavy atom. The fraction of sp³-hybridized carbons (Fsp3) is 0.755. The van der Waals surface area contributed by atoms with E-state index >= 15 is 0 Å². The van der Waals surface area contributed by atoms with E-state index in [-0.39, 0.29) is 19.4 Å². The van der Waals surface area contributed by atoms with Crippen LogP contribution in [0.15, 0.2) is 60.8 Å². The van der Waals surface area contributed by atoms with Crippen LogP contribution >= 0.6 is 0 Å². The molecular weight excluding hydrogens is 829 g/mol. The standard InChI is InChI=1S/C49H82O15/c1-3-5-7-9-11-13-15-17-18-20-21-23-25-27-29-31-40(51)59-34-37(62-41(52)32-30-28-26-24-22-19-16-14-12-10-8-6-4-2)35-60-48-47(58)45(56)43(54)39(64-48)36-61-49-46(57)44(55)42(53)38(33-50)63-49/h5,7,11,13-14,16-18,21,23,37-39,42-50,53-58H,3-4,6,8-10,12,15,19-20,22,24-36H2,1-2H3/b7-5+,13-11+,16-14+,18-17+,23-21+/t37-,38-,39-,42+,43+,44?,45?,46?,47?,48-,49-/m1/s1. The molecule has 2 fully saturated rings. The summed E-state index contributed by atoms with van der Waals surface area (Å²) in [4.78, 5) is 25.7. The molecule has 11 atom stereocenters. The lowest BCUT2D eigenvalue weighted by Crippen LogP contribution is -2.61. The van der Waals surface area contributed by atoms with Gasteiger partial charge in [0.1, 0.15) is 55.4 Å². The van der Waals surface area contributed by atoms with E-state index in [4.69, 9.17) is 28.4 Å². The van der Waals surface area contributed by atoms with Gasteiger partial charge in [0, 0.05) is 12.8 Å². The van der Waals surface area contributed by atoms with Crippen LogP contribution in [0.3, 0.4) is 0 Å². The summed E-state index contributed by atoms with van der Waals surface area (Å²) >= 11 is 0. The van der Waals surface area contributed by atoms with E-state index in [9.17, 15) is 45.3 Å². The SMILES string of the molecule is CC/C=C/C/C=C/C/C=C/C/C=C/CCCCC(=O)OC[C@H](CO[C@@H]1O[C@H](CO[C@@H]2O[C@H](CO)[C@H](O)C(O)C2O)[C@H](O)C(O)C1O)OC(=O)CCCCCCC/C=C/CCCCCC. The maximum Gasteiger partial charge on any atom is 0.306 e. The molecule has 15 heteroatoms. The second kappa shape index (κ2) is 36.3. The van der Waals surface area contributed by atoms with E-state index in [0.717, 1.165) is 77.0 Å². The molecule has 368 valence electrons. The number of carbonyl (C=O) groups is 2. The molecule has 0 aromatic carbocycles. The summed E-state index contributed by atoms with van der Waals surface area (Å²) in [7, 11) is 0. The lowest BCUT2D eigenvalue weighted by molar-refractivity contribution is -0.332. The van der Waals surface area contributed by atoms with E-state index in [0.29, 0.717) is 12.8 Å². The van der Waals surface area contributed by atoms with Gasteiger partial charge >= 0.3 is 11.9 Å². The van der Waals surface area contributed by atoms with E-state index in [1.165, 1.54) is 25.7 Å². The average molecular weight is 911 g/mol. The molecule has 2 saturated heterocycles. The maximum absolute atomic E-state index is 12.9. The molecule has 7 N–H and O–H groups in total. The molecule has 0 aromatic rings.